The highest BCUT2D eigenvalue weighted by molar-refractivity contribution is 9.10. The molecule has 2 bridgehead atoms. The van der Waals surface area contributed by atoms with Crippen LogP contribution in [0.3, 0.4) is 0 Å². The minimum atomic E-state index is 0.184. The molecule has 2 fully saturated rings. The standard InChI is InChI=1S/C18H20BrNOS/c1-20(2)18(21)17-11-4-3-10(7-11)16(17)12-5-6-15-13(8-12)14(19)9-22-15/h5-6,8-11,16-17H,3-4,7H2,1-2H3. The van der Waals surface area contributed by atoms with Crippen LogP contribution in [-0.2, 0) is 4.79 Å². The largest absolute Gasteiger partial charge is 0.349 e. The van der Waals surface area contributed by atoms with Crippen molar-refractivity contribution >= 4 is 43.3 Å². The van der Waals surface area contributed by atoms with Crippen LogP contribution in [0.4, 0.5) is 0 Å². The molecule has 0 aliphatic heterocycles. The Labute approximate surface area is 143 Å². The van der Waals surface area contributed by atoms with Crippen molar-refractivity contribution in [1.29, 1.82) is 0 Å². The molecule has 22 heavy (non-hydrogen) atoms. The Morgan fingerprint density at radius 1 is 1.27 bits per heavy atom. The van der Waals surface area contributed by atoms with Gasteiger partial charge in [0.1, 0.15) is 0 Å². The van der Waals surface area contributed by atoms with Gasteiger partial charge in [0.15, 0.2) is 0 Å². The number of rotatable bonds is 2. The van der Waals surface area contributed by atoms with Gasteiger partial charge in [-0.25, -0.2) is 0 Å². The van der Waals surface area contributed by atoms with E-state index in [1.54, 1.807) is 16.2 Å². The number of hydrogen-bond acceptors (Lipinski definition) is 2. The number of thiophene rings is 1. The molecule has 4 atom stereocenters. The van der Waals surface area contributed by atoms with E-state index in [1.807, 2.05) is 14.1 Å². The van der Waals surface area contributed by atoms with Crippen LogP contribution in [0.1, 0.15) is 30.7 Å². The molecule has 2 aliphatic rings. The first-order valence-corrected chi connectivity index (χ1v) is 9.61. The number of carbonyl (C=O) groups is 1. The Hall–Kier alpha value is -0.870. The summed E-state index contributed by atoms with van der Waals surface area (Å²) in [6, 6.07) is 6.80. The summed E-state index contributed by atoms with van der Waals surface area (Å²) in [5.41, 5.74) is 1.36. The van der Waals surface area contributed by atoms with Gasteiger partial charge in [0.25, 0.3) is 0 Å². The molecule has 4 unspecified atom stereocenters. The van der Waals surface area contributed by atoms with E-state index in [4.69, 9.17) is 0 Å². The van der Waals surface area contributed by atoms with Crippen LogP contribution in [0.15, 0.2) is 28.1 Å². The predicted octanol–water partition coefficient (Wildman–Crippen LogP) is 4.88. The fourth-order valence-electron chi connectivity index (χ4n) is 4.65. The van der Waals surface area contributed by atoms with Gasteiger partial charge in [-0.15, -0.1) is 11.3 Å². The molecule has 1 aromatic carbocycles. The van der Waals surface area contributed by atoms with Gasteiger partial charge in [-0.05, 0) is 70.6 Å². The van der Waals surface area contributed by atoms with Crippen LogP contribution in [0.25, 0.3) is 10.1 Å². The Morgan fingerprint density at radius 3 is 2.82 bits per heavy atom. The van der Waals surface area contributed by atoms with E-state index >= 15 is 0 Å². The lowest BCUT2D eigenvalue weighted by molar-refractivity contribution is -0.135. The van der Waals surface area contributed by atoms with Crippen LogP contribution in [0.2, 0.25) is 0 Å². The second kappa shape index (κ2) is 5.34. The third-order valence-corrected chi connectivity index (χ3v) is 7.50. The maximum absolute atomic E-state index is 12.7. The molecule has 2 aromatic rings. The molecule has 0 N–H and O–H groups in total. The highest BCUT2D eigenvalue weighted by Gasteiger charge is 2.51. The van der Waals surface area contributed by atoms with Crippen molar-refractivity contribution < 1.29 is 4.79 Å². The van der Waals surface area contributed by atoms with Crippen molar-refractivity contribution in [3.63, 3.8) is 0 Å². The molecule has 2 saturated carbocycles. The van der Waals surface area contributed by atoms with Crippen LogP contribution < -0.4 is 0 Å². The monoisotopic (exact) mass is 377 g/mol. The fraction of sp³-hybridized carbons (Fsp3) is 0.500. The third-order valence-electron chi connectivity index (χ3n) is 5.58. The van der Waals surface area contributed by atoms with E-state index < -0.39 is 0 Å². The van der Waals surface area contributed by atoms with Gasteiger partial charge >= 0.3 is 0 Å². The summed E-state index contributed by atoms with van der Waals surface area (Å²) in [4.78, 5) is 14.5. The highest BCUT2D eigenvalue weighted by atomic mass is 79.9. The Kier molecular flexibility index (Phi) is 3.57. The number of hydrogen-bond donors (Lipinski definition) is 0. The molecule has 4 rings (SSSR count). The summed E-state index contributed by atoms with van der Waals surface area (Å²) in [7, 11) is 3.79. The molecule has 4 heteroatoms. The van der Waals surface area contributed by atoms with Gasteiger partial charge in [0.2, 0.25) is 5.91 Å². The second-order valence-electron chi connectivity index (χ2n) is 6.96. The van der Waals surface area contributed by atoms with Crippen LogP contribution in [0.5, 0.6) is 0 Å². The average Bonchev–Trinajstić information content (AvgIpc) is 3.20. The number of amides is 1. The molecule has 0 radical (unpaired) electrons. The quantitative estimate of drug-likeness (QED) is 0.729. The maximum Gasteiger partial charge on any atom is 0.226 e. The van der Waals surface area contributed by atoms with Gasteiger partial charge in [0, 0.05) is 40.0 Å². The van der Waals surface area contributed by atoms with Crippen molar-refractivity contribution in [2.24, 2.45) is 17.8 Å². The molecule has 116 valence electrons. The number of carbonyl (C=O) groups excluding carboxylic acids is 1. The number of halogens is 1. The summed E-state index contributed by atoms with van der Waals surface area (Å²) < 4.78 is 2.49. The molecule has 0 spiro atoms. The van der Waals surface area contributed by atoms with E-state index in [1.165, 1.54) is 39.4 Å². The Morgan fingerprint density at radius 2 is 2.05 bits per heavy atom. The normalized spacial score (nSPS) is 30.1. The van der Waals surface area contributed by atoms with E-state index in [2.05, 4.69) is 39.5 Å². The molecule has 0 saturated heterocycles. The van der Waals surface area contributed by atoms with Gasteiger partial charge in [-0.1, -0.05) is 6.07 Å². The molecule has 2 aliphatic carbocycles. The minimum absolute atomic E-state index is 0.184. The van der Waals surface area contributed by atoms with Crippen molar-refractivity contribution in [2.75, 3.05) is 14.1 Å². The molecule has 1 aromatic heterocycles. The molecule has 1 amide bonds. The maximum atomic E-state index is 12.7. The zero-order chi connectivity index (χ0) is 15.4. The van der Waals surface area contributed by atoms with Gasteiger partial charge in [-0.2, -0.15) is 0 Å². The van der Waals surface area contributed by atoms with Crippen molar-refractivity contribution in [2.45, 2.75) is 25.2 Å². The van der Waals surface area contributed by atoms with E-state index in [-0.39, 0.29) is 5.92 Å². The lowest BCUT2D eigenvalue weighted by Gasteiger charge is -2.32. The molecular formula is C18H20BrNOS. The molecule has 1 heterocycles. The molecule has 2 nitrogen and oxygen atoms in total. The highest BCUT2D eigenvalue weighted by Crippen LogP contribution is 2.57. The van der Waals surface area contributed by atoms with E-state index in [0.29, 0.717) is 23.7 Å². The zero-order valence-electron chi connectivity index (χ0n) is 12.9. The average molecular weight is 378 g/mol. The number of nitrogens with zero attached hydrogens (tertiary/aromatic N) is 1. The Bertz CT molecular complexity index is 738. The van der Waals surface area contributed by atoms with Crippen molar-refractivity contribution in [1.82, 2.24) is 4.90 Å². The first-order chi connectivity index (χ1) is 10.6. The summed E-state index contributed by atoms with van der Waals surface area (Å²) in [6.07, 6.45) is 3.75. The first-order valence-electron chi connectivity index (χ1n) is 7.94. The van der Waals surface area contributed by atoms with Gasteiger partial charge < -0.3 is 4.90 Å². The van der Waals surface area contributed by atoms with Gasteiger partial charge in [0.05, 0.1) is 0 Å². The first kappa shape index (κ1) is 14.7. The molecular weight excluding hydrogens is 358 g/mol. The summed E-state index contributed by atoms with van der Waals surface area (Å²) in [6.45, 7) is 0. The summed E-state index contributed by atoms with van der Waals surface area (Å²) in [5.74, 6) is 2.19. The van der Waals surface area contributed by atoms with E-state index in [9.17, 15) is 4.79 Å². The minimum Gasteiger partial charge on any atom is -0.349 e. The number of benzene rings is 1. The van der Waals surface area contributed by atoms with Crippen LogP contribution in [0, 0.1) is 17.8 Å². The van der Waals surface area contributed by atoms with E-state index in [0.717, 1.165) is 0 Å². The summed E-state index contributed by atoms with van der Waals surface area (Å²) >= 11 is 5.42. The van der Waals surface area contributed by atoms with Crippen molar-refractivity contribution in [3.05, 3.63) is 33.6 Å². The smallest absolute Gasteiger partial charge is 0.226 e. The lowest BCUT2D eigenvalue weighted by atomic mass is 9.74. The lowest BCUT2D eigenvalue weighted by Crippen LogP contribution is -2.36. The van der Waals surface area contributed by atoms with Crippen LogP contribution in [-0.4, -0.2) is 24.9 Å². The van der Waals surface area contributed by atoms with Crippen molar-refractivity contribution in [3.8, 4) is 0 Å². The number of fused-ring (bicyclic) bond motifs is 3. The predicted molar refractivity (Wildman–Crippen MR) is 95.3 cm³/mol. The zero-order valence-corrected chi connectivity index (χ0v) is 15.3. The second-order valence-corrected chi connectivity index (χ2v) is 8.72. The van der Waals surface area contributed by atoms with Crippen LogP contribution >= 0.6 is 27.3 Å². The third kappa shape index (κ3) is 2.15. The fourth-order valence-corrected chi connectivity index (χ4v) is 6.19. The SMILES string of the molecule is CN(C)C(=O)C1C2CCC(C2)C1c1ccc2scc(Br)c2c1. The Balaban J connectivity index is 1.77. The summed E-state index contributed by atoms with van der Waals surface area (Å²) in [5, 5.41) is 3.44. The topological polar surface area (TPSA) is 20.3 Å². The van der Waals surface area contributed by atoms with Gasteiger partial charge in [-0.3, -0.25) is 4.79 Å².